The minimum absolute atomic E-state index is 0.0341. The predicted octanol–water partition coefficient (Wildman–Crippen LogP) is 9.50. The molecule has 2 aromatic carbocycles. The molecule has 0 aliphatic carbocycles. The minimum Gasteiger partial charge on any atom is -0.490 e. The van der Waals surface area contributed by atoms with Gasteiger partial charge >= 0.3 is 5.97 Å². The van der Waals surface area contributed by atoms with Crippen molar-refractivity contribution in [3.63, 3.8) is 0 Å². The average molecular weight is 716 g/mol. The van der Waals surface area contributed by atoms with E-state index in [-0.39, 0.29) is 23.0 Å². The van der Waals surface area contributed by atoms with E-state index in [4.69, 9.17) is 23.9 Å². The monoisotopic (exact) mass is 715 g/mol. The molecule has 0 N–H and O–H groups in total. The van der Waals surface area contributed by atoms with E-state index in [1.165, 1.54) is 13.2 Å². The Morgan fingerprint density at radius 2 is 1.75 bits per heavy atom. The van der Waals surface area contributed by atoms with Gasteiger partial charge in [-0.25, -0.2) is 18.6 Å². The smallest absolute Gasteiger partial charge is 0.339 e. The van der Waals surface area contributed by atoms with Gasteiger partial charge in [0, 0.05) is 36.8 Å². The van der Waals surface area contributed by atoms with Crippen molar-refractivity contribution in [1.29, 1.82) is 0 Å². The predicted molar refractivity (Wildman–Crippen MR) is 202 cm³/mol. The SMILES string of the molecule is C=CCOC1(C)CCN(c2c([C@H](OC(C)(C)C)C(=O)OC)c(C)c(C)c3nc(-c4cccc(-c5c(O[C@@H](C)CC=C)ccc(F)c5F)c4)cn23)CC1. The van der Waals surface area contributed by atoms with Gasteiger partial charge in [-0.15, -0.1) is 13.2 Å². The van der Waals surface area contributed by atoms with E-state index in [1.54, 1.807) is 30.4 Å². The highest BCUT2D eigenvalue weighted by Gasteiger charge is 2.38. The zero-order chi connectivity index (χ0) is 38.0. The molecule has 0 radical (unpaired) electrons. The lowest BCUT2D eigenvalue weighted by Gasteiger charge is -2.41. The second kappa shape index (κ2) is 15.6. The third-order valence-electron chi connectivity index (χ3n) is 9.63. The number of hydrogen-bond acceptors (Lipinski definition) is 7. The first-order valence-electron chi connectivity index (χ1n) is 17.7. The number of esters is 1. The molecular formula is C42H51F2N3O5. The highest BCUT2D eigenvalue weighted by atomic mass is 19.2. The van der Waals surface area contributed by atoms with Crippen LogP contribution in [-0.2, 0) is 19.0 Å². The van der Waals surface area contributed by atoms with E-state index in [2.05, 4.69) is 25.0 Å². The van der Waals surface area contributed by atoms with Gasteiger partial charge in [-0.2, -0.15) is 0 Å². The molecule has 4 aromatic rings. The van der Waals surface area contributed by atoms with Crippen molar-refractivity contribution in [2.45, 2.75) is 91.1 Å². The number of benzene rings is 2. The summed E-state index contributed by atoms with van der Waals surface area (Å²) in [6.45, 7) is 23.0. The summed E-state index contributed by atoms with van der Waals surface area (Å²) in [7, 11) is 1.37. The number of carbonyl (C=O) groups excluding carboxylic acids is 1. The molecular weight excluding hydrogens is 664 g/mol. The van der Waals surface area contributed by atoms with Crippen LogP contribution in [-0.4, -0.2) is 59.5 Å². The number of imidazole rings is 1. The number of anilines is 1. The number of hydrogen-bond donors (Lipinski definition) is 0. The molecule has 1 saturated heterocycles. The van der Waals surface area contributed by atoms with Gasteiger partial charge in [-0.3, -0.25) is 4.40 Å². The van der Waals surface area contributed by atoms with Crippen LogP contribution in [0.15, 0.2) is 67.9 Å². The number of rotatable bonds is 13. The Bertz CT molecular complexity index is 1960. The Morgan fingerprint density at radius 1 is 1.06 bits per heavy atom. The minimum atomic E-state index is -1.01. The van der Waals surface area contributed by atoms with Crippen LogP contribution >= 0.6 is 0 Å². The lowest BCUT2D eigenvalue weighted by molar-refractivity contribution is -0.164. The third-order valence-corrected chi connectivity index (χ3v) is 9.63. The maximum Gasteiger partial charge on any atom is 0.339 e. The number of carbonyl (C=O) groups is 1. The fourth-order valence-electron chi connectivity index (χ4n) is 6.76. The second-order valence-corrected chi connectivity index (χ2v) is 14.7. The number of fused-ring (bicyclic) bond motifs is 1. The maximum absolute atomic E-state index is 15.5. The second-order valence-electron chi connectivity index (χ2n) is 14.7. The first kappa shape index (κ1) is 38.7. The van der Waals surface area contributed by atoms with E-state index in [1.807, 2.05) is 58.2 Å². The average Bonchev–Trinajstić information content (AvgIpc) is 3.55. The van der Waals surface area contributed by atoms with E-state index in [9.17, 15) is 9.18 Å². The van der Waals surface area contributed by atoms with Gasteiger partial charge in [0.1, 0.15) is 17.2 Å². The van der Waals surface area contributed by atoms with Crippen molar-refractivity contribution >= 4 is 17.4 Å². The molecule has 0 amide bonds. The molecule has 0 unspecified atom stereocenters. The van der Waals surface area contributed by atoms with E-state index < -0.39 is 29.3 Å². The Morgan fingerprint density at radius 3 is 2.38 bits per heavy atom. The van der Waals surface area contributed by atoms with Crippen molar-refractivity contribution < 1.29 is 32.5 Å². The van der Waals surface area contributed by atoms with Gasteiger partial charge < -0.3 is 23.8 Å². The van der Waals surface area contributed by atoms with Crippen molar-refractivity contribution in [1.82, 2.24) is 9.38 Å². The molecule has 3 heterocycles. The van der Waals surface area contributed by atoms with Crippen molar-refractivity contribution in [3.8, 4) is 28.1 Å². The van der Waals surface area contributed by atoms with Crippen molar-refractivity contribution in [2.24, 2.45) is 0 Å². The highest BCUT2D eigenvalue weighted by Crippen LogP contribution is 2.42. The van der Waals surface area contributed by atoms with Gasteiger partial charge in [-0.05, 0) is 96.2 Å². The van der Waals surface area contributed by atoms with Crippen LogP contribution in [0.3, 0.4) is 0 Å². The number of aryl methyl sites for hydroxylation is 1. The summed E-state index contributed by atoms with van der Waals surface area (Å²) < 4.78 is 56.2. The number of aromatic nitrogens is 2. The van der Waals surface area contributed by atoms with E-state index in [0.717, 1.165) is 35.9 Å². The topological polar surface area (TPSA) is 74.5 Å². The Hall–Kier alpha value is -4.54. The maximum atomic E-state index is 15.5. The largest absolute Gasteiger partial charge is 0.490 e. The number of piperidine rings is 1. The first-order valence-corrected chi connectivity index (χ1v) is 17.7. The van der Waals surface area contributed by atoms with Crippen molar-refractivity contribution in [3.05, 3.63) is 96.2 Å². The molecule has 278 valence electrons. The summed E-state index contributed by atoms with van der Waals surface area (Å²) in [5.41, 5.74) is 3.93. The van der Waals surface area contributed by atoms with Gasteiger partial charge in [0.25, 0.3) is 0 Å². The Balaban J connectivity index is 1.70. The Labute approximate surface area is 306 Å². The highest BCUT2D eigenvalue weighted by molar-refractivity contribution is 5.82. The zero-order valence-electron chi connectivity index (χ0n) is 31.6. The molecule has 2 aromatic heterocycles. The fourth-order valence-corrected chi connectivity index (χ4v) is 6.76. The zero-order valence-corrected chi connectivity index (χ0v) is 31.6. The third kappa shape index (κ3) is 8.08. The standard InChI is InChI=1S/C42H51F2N3O5/c1-11-14-26(3)51-33-18-17-31(43)36(44)35(33)30-16-13-15-29(24-30)32-25-47-38(45-32)28(5)27(4)34(37(40(48)49-10)52-41(6,7)8)39(47)46-21-19-42(9,20-22-46)50-23-12-2/h11-13,15-18,24-26,37H,1-2,14,19-23H2,3-10H3/t26-,37-/m0/s1. The summed E-state index contributed by atoms with van der Waals surface area (Å²) >= 11 is 0. The molecule has 8 nitrogen and oxygen atoms in total. The van der Waals surface area contributed by atoms with E-state index in [0.29, 0.717) is 54.1 Å². The van der Waals surface area contributed by atoms with Gasteiger partial charge in [0.15, 0.2) is 17.7 Å². The van der Waals surface area contributed by atoms with Crippen LogP contribution in [0.5, 0.6) is 5.75 Å². The van der Waals surface area contributed by atoms with Crippen molar-refractivity contribution in [2.75, 3.05) is 31.7 Å². The lowest BCUT2D eigenvalue weighted by atomic mass is 9.92. The lowest BCUT2D eigenvalue weighted by Crippen LogP contribution is -2.45. The summed E-state index contributed by atoms with van der Waals surface area (Å²) in [4.78, 5) is 20.9. The quantitative estimate of drug-likeness (QED) is 0.101. The normalized spacial score (nSPS) is 15.7. The van der Waals surface area contributed by atoms with Gasteiger partial charge in [-0.1, -0.05) is 30.4 Å². The summed E-state index contributed by atoms with van der Waals surface area (Å²) in [5, 5.41) is 0. The number of methoxy groups -OCH3 is 1. The van der Waals surface area contributed by atoms with Gasteiger partial charge in [0.2, 0.25) is 0 Å². The number of pyridine rings is 1. The molecule has 5 rings (SSSR count). The van der Waals surface area contributed by atoms with Crippen LogP contribution in [0.2, 0.25) is 0 Å². The van der Waals surface area contributed by atoms with Crippen LogP contribution in [0.25, 0.3) is 28.0 Å². The summed E-state index contributed by atoms with van der Waals surface area (Å²) in [5.74, 6) is -1.44. The molecule has 0 spiro atoms. The van der Waals surface area contributed by atoms with Gasteiger partial charge in [0.05, 0.1) is 42.3 Å². The van der Waals surface area contributed by atoms with Crippen LogP contribution in [0.1, 0.15) is 76.7 Å². The molecule has 0 saturated carbocycles. The first-order chi connectivity index (χ1) is 24.6. The molecule has 10 heteroatoms. The molecule has 1 aliphatic heterocycles. The van der Waals surface area contributed by atoms with Crippen LogP contribution in [0, 0.1) is 25.5 Å². The molecule has 52 heavy (non-hydrogen) atoms. The number of halogens is 2. The number of ether oxygens (including phenoxy) is 4. The number of nitrogens with zero attached hydrogens (tertiary/aromatic N) is 3. The molecule has 1 fully saturated rings. The summed E-state index contributed by atoms with van der Waals surface area (Å²) in [6, 6.07) is 9.72. The Kier molecular flexibility index (Phi) is 11.6. The molecule has 2 atom stereocenters. The summed E-state index contributed by atoms with van der Waals surface area (Å²) in [6.07, 6.45) is 6.14. The van der Waals surface area contributed by atoms with E-state index >= 15 is 4.39 Å². The van der Waals surface area contributed by atoms with Crippen LogP contribution in [0.4, 0.5) is 14.6 Å². The molecule has 0 bridgehead atoms. The molecule has 1 aliphatic rings. The fraction of sp³-hybridized carbons (Fsp3) is 0.429. The van der Waals surface area contributed by atoms with Crippen LogP contribution < -0.4 is 9.64 Å².